The van der Waals surface area contributed by atoms with E-state index in [1.54, 1.807) is 28.2 Å². The number of fused-ring (bicyclic) bond motifs is 1. The normalized spacial score (nSPS) is 21.4. The molecule has 2 N–H and O–H groups in total. The summed E-state index contributed by atoms with van der Waals surface area (Å²) < 4.78 is 1.80. The molecule has 5 aromatic rings. The molecule has 1 aliphatic carbocycles. The lowest BCUT2D eigenvalue weighted by atomic mass is 9.82. The minimum absolute atomic E-state index is 0.197. The number of imide groups is 1. The predicted molar refractivity (Wildman–Crippen MR) is 194 cm³/mol. The fourth-order valence-electron chi connectivity index (χ4n) is 7.65. The molecule has 0 radical (unpaired) electrons. The Hall–Kier alpha value is -5.26. The van der Waals surface area contributed by atoms with Crippen LogP contribution < -0.4 is 15.5 Å². The second-order valence-corrected chi connectivity index (χ2v) is 14.7. The number of aromatic nitrogens is 6. The molecule has 14 heteroatoms. The van der Waals surface area contributed by atoms with Crippen molar-refractivity contribution in [3.05, 3.63) is 71.1 Å². The van der Waals surface area contributed by atoms with Crippen LogP contribution in [-0.4, -0.2) is 86.3 Å². The Morgan fingerprint density at radius 3 is 2.55 bits per heavy atom. The zero-order valence-corrected chi connectivity index (χ0v) is 29.3. The third-order valence-corrected chi connectivity index (χ3v) is 11.7. The van der Waals surface area contributed by atoms with Gasteiger partial charge in [0.25, 0.3) is 0 Å². The van der Waals surface area contributed by atoms with Gasteiger partial charge in [-0.05, 0) is 73.9 Å². The maximum Gasteiger partial charge on any atom is 0.234 e. The Bertz CT molecular complexity index is 2100. The summed E-state index contributed by atoms with van der Waals surface area (Å²) in [5, 5.41) is 30.6. The first-order valence-corrected chi connectivity index (χ1v) is 18.4. The molecule has 3 aliphatic rings. The van der Waals surface area contributed by atoms with Crippen LogP contribution in [0.5, 0.6) is 0 Å². The fourth-order valence-corrected chi connectivity index (χ4v) is 8.69. The van der Waals surface area contributed by atoms with Crippen molar-refractivity contribution in [2.75, 3.05) is 50.0 Å². The highest BCUT2D eigenvalue weighted by atomic mass is 32.1. The molecule has 0 unspecified atom stereocenters. The van der Waals surface area contributed by atoms with Gasteiger partial charge in [0.15, 0.2) is 5.01 Å². The highest BCUT2D eigenvalue weighted by molar-refractivity contribution is 7.14. The molecule has 1 saturated carbocycles. The molecule has 51 heavy (non-hydrogen) atoms. The minimum Gasteiger partial charge on any atom is -0.387 e. The Morgan fingerprint density at radius 1 is 0.961 bits per heavy atom. The highest BCUT2D eigenvalue weighted by Gasteiger charge is 2.30. The number of piperazine rings is 1. The van der Waals surface area contributed by atoms with Crippen LogP contribution in [0.3, 0.4) is 0 Å². The number of hydrogen-bond acceptors (Lipinski definition) is 12. The smallest absolute Gasteiger partial charge is 0.234 e. The largest absolute Gasteiger partial charge is 0.387 e. The lowest BCUT2D eigenvalue weighted by molar-refractivity contribution is -0.134. The van der Waals surface area contributed by atoms with Gasteiger partial charge in [0.05, 0.1) is 40.1 Å². The van der Waals surface area contributed by atoms with Crippen LogP contribution in [0, 0.1) is 17.2 Å². The van der Waals surface area contributed by atoms with Crippen molar-refractivity contribution in [3.63, 3.8) is 0 Å². The quantitative estimate of drug-likeness (QED) is 0.213. The molecule has 13 nitrogen and oxygen atoms in total. The lowest BCUT2D eigenvalue weighted by Crippen LogP contribution is -2.48. The second-order valence-electron chi connectivity index (χ2n) is 13.7. The van der Waals surface area contributed by atoms with Gasteiger partial charge in [-0.25, -0.2) is 9.50 Å². The van der Waals surface area contributed by atoms with Crippen molar-refractivity contribution in [3.8, 4) is 28.0 Å². The molecular formula is C37H39N11O2S. The van der Waals surface area contributed by atoms with Gasteiger partial charge < -0.3 is 10.2 Å². The molecule has 2 saturated heterocycles. The third-order valence-electron chi connectivity index (χ3n) is 10.6. The van der Waals surface area contributed by atoms with Gasteiger partial charge in [-0.2, -0.15) is 10.4 Å². The van der Waals surface area contributed by atoms with Gasteiger partial charge in [-0.1, -0.05) is 17.4 Å². The number of nitrogens with zero attached hydrogens (tertiary/aromatic N) is 9. The van der Waals surface area contributed by atoms with E-state index >= 15 is 0 Å². The Morgan fingerprint density at radius 2 is 1.80 bits per heavy atom. The first-order valence-electron chi connectivity index (χ1n) is 17.6. The standard InChI is InChI=1S/C37H39N11O2S/c1-39-30-17-31(32-9-7-27-16-24(18-38)19-42-48(27)32)40-21-29(30)37-45-44-36(51-37)25-4-2-23(3-5-25)22-46-12-14-47(15-13-46)33-10-6-26(20-41-33)28-8-11-34(49)43-35(28)50/h6-7,9-10,16-17,19-21,23,25,28H,2-5,8,11-15,22H2,1H3,(H,39,40)(H,43,49,50)/t23?,25?,28-/m0/s1. The number of anilines is 2. The van der Waals surface area contributed by atoms with Gasteiger partial charge >= 0.3 is 0 Å². The van der Waals surface area contributed by atoms with Crippen molar-refractivity contribution < 1.29 is 9.59 Å². The number of nitriles is 1. The van der Waals surface area contributed by atoms with Crippen LogP contribution in [0.15, 0.2) is 55.0 Å². The van der Waals surface area contributed by atoms with Gasteiger partial charge in [0.2, 0.25) is 11.8 Å². The van der Waals surface area contributed by atoms with E-state index in [1.165, 1.54) is 12.8 Å². The Balaban J connectivity index is 0.834. The van der Waals surface area contributed by atoms with Crippen LogP contribution in [0.25, 0.3) is 27.5 Å². The summed E-state index contributed by atoms with van der Waals surface area (Å²) in [6.07, 6.45) is 10.8. The molecule has 0 aromatic carbocycles. The maximum absolute atomic E-state index is 12.2. The molecule has 1 atom stereocenters. The molecule has 2 aliphatic heterocycles. The first-order chi connectivity index (χ1) is 24.9. The summed E-state index contributed by atoms with van der Waals surface area (Å²) in [6, 6.07) is 13.9. The molecule has 0 bridgehead atoms. The van der Waals surface area contributed by atoms with Crippen molar-refractivity contribution in [1.29, 1.82) is 5.26 Å². The van der Waals surface area contributed by atoms with E-state index in [1.807, 2.05) is 49.6 Å². The fraction of sp³-hybridized carbons (Fsp3) is 0.405. The third kappa shape index (κ3) is 6.79. The lowest BCUT2D eigenvalue weighted by Gasteiger charge is -2.38. The van der Waals surface area contributed by atoms with E-state index in [0.717, 1.165) is 95.1 Å². The van der Waals surface area contributed by atoms with E-state index in [-0.39, 0.29) is 17.7 Å². The molecule has 3 fully saturated rings. The molecular weight excluding hydrogens is 663 g/mol. The number of piperidine rings is 1. The minimum atomic E-state index is -0.302. The number of rotatable bonds is 8. The highest BCUT2D eigenvalue weighted by Crippen LogP contribution is 2.40. The summed E-state index contributed by atoms with van der Waals surface area (Å²) in [5.41, 5.74) is 5.72. The predicted octanol–water partition coefficient (Wildman–Crippen LogP) is 4.84. The van der Waals surface area contributed by atoms with Crippen molar-refractivity contribution in [2.24, 2.45) is 5.92 Å². The van der Waals surface area contributed by atoms with Crippen LogP contribution in [-0.2, 0) is 9.59 Å². The number of carbonyl (C=O) groups excluding carboxylic acids is 2. The molecule has 8 rings (SSSR count). The molecule has 5 aromatic heterocycles. The van der Waals surface area contributed by atoms with Crippen LogP contribution in [0.2, 0.25) is 0 Å². The molecule has 260 valence electrons. The summed E-state index contributed by atoms with van der Waals surface area (Å²) in [7, 11) is 1.90. The first kappa shape index (κ1) is 32.9. The summed E-state index contributed by atoms with van der Waals surface area (Å²) in [6.45, 7) is 5.01. The van der Waals surface area contributed by atoms with Crippen LogP contribution >= 0.6 is 11.3 Å². The van der Waals surface area contributed by atoms with Crippen LogP contribution in [0.1, 0.15) is 66.5 Å². The molecule has 2 amide bonds. The topological polar surface area (TPSA) is 157 Å². The summed E-state index contributed by atoms with van der Waals surface area (Å²) >= 11 is 1.67. The number of pyridine rings is 2. The summed E-state index contributed by atoms with van der Waals surface area (Å²) in [4.78, 5) is 38.1. The van der Waals surface area contributed by atoms with E-state index in [4.69, 9.17) is 4.98 Å². The van der Waals surface area contributed by atoms with E-state index in [2.05, 4.69) is 46.8 Å². The maximum atomic E-state index is 12.2. The van der Waals surface area contributed by atoms with E-state index in [9.17, 15) is 14.9 Å². The molecule has 7 heterocycles. The number of hydrogen-bond donors (Lipinski definition) is 2. The second kappa shape index (κ2) is 14.2. The zero-order valence-electron chi connectivity index (χ0n) is 28.5. The van der Waals surface area contributed by atoms with Crippen molar-refractivity contribution in [2.45, 2.75) is 50.4 Å². The average molecular weight is 702 g/mol. The van der Waals surface area contributed by atoms with Crippen LogP contribution in [0.4, 0.5) is 11.5 Å². The van der Waals surface area contributed by atoms with E-state index in [0.29, 0.717) is 30.2 Å². The van der Waals surface area contributed by atoms with Crippen molar-refractivity contribution in [1.82, 2.24) is 40.0 Å². The van der Waals surface area contributed by atoms with Gasteiger partial charge in [0.1, 0.15) is 16.9 Å². The Labute approximate surface area is 299 Å². The monoisotopic (exact) mass is 701 g/mol. The SMILES string of the molecule is CNc1cc(-c2ccc3cc(C#N)cnn23)ncc1-c1nnc(C2CCC(CN3CCN(c4ccc([C@@H]5CCC(=O)NC5=O)cn4)CC3)CC2)s1. The zero-order chi connectivity index (χ0) is 34.9. The number of nitrogens with one attached hydrogen (secondary N) is 2. The number of amides is 2. The van der Waals surface area contributed by atoms with Gasteiger partial charge in [-0.3, -0.25) is 24.8 Å². The van der Waals surface area contributed by atoms with Crippen molar-refractivity contribution >= 4 is 40.2 Å². The number of carbonyl (C=O) groups is 2. The van der Waals surface area contributed by atoms with Gasteiger partial charge in [-0.15, -0.1) is 10.2 Å². The Kier molecular flexibility index (Phi) is 9.14. The van der Waals surface area contributed by atoms with E-state index < -0.39 is 0 Å². The van der Waals surface area contributed by atoms with Gasteiger partial charge in [0, 0.05) is 70.2 Å². The summed E-state index contributed by atoms with van der Waals surface area (Å²) in [5.74, 6) is 1.34. The average Bonchev–Trinajstić information content (AvgIpc) is 3.83. The molecule has 0 spiro atoms.